The molecule has 0 amide bonds. The first-order chi connectivity index (χ1) is 9.63. The predicted octanol–water partition coefficient (Wildman–Crippen LogP) is 3.03. The Kier molecular flexibility index (Phi) is 7.86. The molecule has 0 aliphatic carbocycles. The minimum absolute atomic E-state index is 0. The summed E-state index contributed by atoms with van der Waals surface area (Å²) in [4.78, 5) is 13.9. The molecule has 1 atom stereocenters. The summed E-state index contributed by atoms with van der Waals surface area (Å²) < 4.78 is 10.6. The van der Waals surface area contributed by atoms with Gasteiger partial charge in [0.2, 0.25) is 0 Å². The van der Waals surface area contributed by atoms with Crippen LogP contribution in [0, 0.1) is 5.92 Å². The van der Waals surface area contributed by atoms with Gasteiger partial charge >= 0.3 is 5.97 Å². The molecule has 0 radical (unpaired) electrons. The summed E-state index contributed by atoms with van der Waals surface area (Å²) >= 11 is 5.77. The lowest BCUT2D eigenvalue weighted by molar-refractivity contribution is -0.147. The molecule has 0 saturated carbocycles. The lowest BCUT2D eigenvalue weighted by Gasteiger charge is -2.29. The van der Waals surface area contributed by atoms with Crippen LogP contribution in [-0.4, -0.2) is 44.2 Å². The van der Waals surface area contributed by atoms with Crippen LogP contribution in [0.5, 0.6) is 5.75 Å². The quantitative estimate of drug-likeness (QED) is 0.776. The molecule has 0 aromatic heterocycles. The second-order valence-corrected chi connectivity index (χ2v) is 5.63. The fourth-order valence-electron chi connectivity index (χ4n) is 2.33. The Bertz CT molecular complexity index is 439. The lowest BCUT2D eigenvalue weighted by Crippen LogP contribution is -2.35. The van der Waals surface area contributed by atoms with Crippen molar-refractivity contribution >= 4 is 30.0 Å². The van der Waals surface area contributed by atoms with Gasteiger partial charge in [0.25, 0.3) is 0 Å². The van der Waals surface area contributed by atoms with E-state index in [1.165, 1.54) is 6.42 Å². The molecule has 1 saturated heterocycles. The summed E-state index contributed by atoms with van der Waals surface area (Å²) in [5, 5.41) is 0.640. The molecule has 6 heteroatoms. The predicted molar refractivity (Wildman–Crippen MR) is 85.4 cm³/mol. The van der Waals surface area contributed by atoms with Crippen molar-refractivity contribution in [2.24, 2.45) is 5.92 Å². The van der Waals surface area contributed by atoms with Gasteiger partial charge in [0.05, 0.1) is 6.61 Å². The largest absolute Gasteiger partial charge is 0.482 e. The zero-order chi connectivity index (χ0) is 14.4. The fourth-order valence-corrected chi connectivity index (χ4v) is 2.46. The van der Waals surface area contributed by atoms with Crippen LogP contribution >= 0.6 is 24.0 Å². The van der Waals surface area contributed by atoms with Crippen molar-refractivity contribution < 1.29 is 14.3 Å². The third-order valence-electron chi connectivity index (χ3n) is 3.37. The molecule has 0 bridgehead atoms. The van der Waals surface area contributed by atoms with Crippen molar-refractivity contribution in [2.45, 2.75) is 12.8 Å². The van der Waals surface area contributed by atoms with Crippen LogP contribution < -0.4 is 4.74 Å². The van der Waals surface area contributed by atoms with Gasteiger partial charge in [-0.1, -0.05) is 11.6 Å². The number of rotatable bonds is 5. The zero-order valence-corrected chi connectivity index (χ0v) is 13.7. The minimum Gasteiger partial charge on any atom is -0.482 e. The molecule has 1 heterocycles. The Balaban J connectivity index is 0.00000220. The summed E-state index contributed by atoms with van der Waals surface area (Å²) in [6.07, 6.45) is 2.29. The van der Waals surface area contributed by atoms with Gasteiger partial charge in [-0.15, -0.1) is 12.4 Å². The number of piperidine rings is 1. The topological polar surface area (TPSA) is 38.8 Å². The molecule has 1 unspecified atom stereocenters. The van der Waals surface area contributed by atoms with E-state index in [0.29, 0.717) is 23.3 Å². The first-order valence-corrected chi connectivity index (χ1v) is 7.24. The van der Waals surface area contributed by atoms with E-state index in [4.69, 9.17) is 21.1 Å². The van der Waals surface area contributed by atoms with Gasteiger partial charge in [-0.2, -0.15) is 0 Å². The highest BCUT2D eigenvalue weighted by atomic mass is 35.5. The zero-order valence-electron chi connectivity index (χ0n) is 12.1. The maximum Gasteiger partial charge on any atom is 0.344 e. The van der Waals surface area contributed by atoms with E-state index in [-0.39, 0.29) is 25.0 Å². The average molecular weight is 334 g/mol. The van der Waals surface area contributed by atoms with E-state index in [2.05, 4.69) is 11.9 Å². The highest BCUT2D eigenvalue weighted by Crippen LogP contribution is 2.16. The Morgan fingerprint density at radius 2 is 2.10 bits per heavy atom. The standard InChI is InChI=1S/C15H20ClNO3.ClH/c1-17-8-2-3-12(9-17)10-20-15(18)11-19-14-6-4-13(16)5-7-14;/h4-7,12H,2-3,8-11H2,1H3;1H. The van der Waals surface area contributed by atoms with Crippen LogP contribution in [0.2, 0.25) is 5.02 Å². The molecular weight excluding hydrogens is 313 g/mol. The Hall–Kier alpha value is -0.970. The molecular formula is C15H21Cl2NO3. The second kappa shape index (κ2) is 9.13. The second-order valence-electron chi connectivity index (χ2n) is 5.20. The number of halogens is 2. The van der Waals surface area contributed by atoms with Crippen molar-refractivity contribution in [2.75, 3.05) is 33.4 Å². The first kappa shape index (κ1) is 18.1. The monoisotopic (exact) mass is 333 g/mol. The Morgan fingerprint density at radius 1 is 1.38 bits per heavy atom. The summed E-state index contributed by atoms with van der Waals surface area (Å²) in [6, 6.07) is 6.90. The summed E-state index contributed by atoms with van der Waals surface area (Å²) in [6.45, 7) is 2.53. The molecule has 1 aromatic carbocycles. The minimum atomic E-state index is -0.326. The molecule has 1 aromatic rings. The van der Waals surface area contributed by atoms with E-state index in [9.17, 15) is 4.79 Å². The number of esters is 1. The van der Waals surface area contributed by atoms with Gasteiger partial charge in [-0.25, -0.2) is 4.79 Å². The number of hydrogen-bond donors (Lipinski definition) is 0. The number of ether oxygens (including phenoxy) is 2. The fraction of sp³-hybridized carbons (Fsp3) is 0.533. The van der Waals surface area contributed by atoms with Crippen LogP contribution in [0.3, 0.4) is 0 Å². The molecule has 1 aliphatic heterocycles. The molecule has 21 heavy (non-hydrogen) atoms. The smallest absolute Gasteiger partial charge is 0.344 e. The Morgan fingerprint density at radius 3 is 2.76 bits per heavy atom. The van der Waals surface area contributed by atoms with E-state index >= 15 is 0 Å². The van der Waals surface area contributed by atoms with E-state index in [1.807, 2.05) is 0 Å². The van der Waals surface area contributed by atoms with Gasteiger partial charge in [-0.05, 0) is 50.7 Å². The average Bonchev–Trinajstić information content (AvgIpc) is 2.45. The van der Waals surface area contributed by atoms with Gasteiger partial charge in [-0.3, -0.25) is 0 Å². The van der Waals surface area contributed by atoms with Crippen molar-refractivity contribution in [3.63, 3.8) is 0 Å². The van der Waals surface area contributed by atoms with E-state index in [0.717, 1.165) is 19.5 Å². The van der Waals surface area contributed by atoms with E-state index < -0.39 is 0 Å². The summed E-state index contributed by atoms with van der Waals surface area (Å²) in [5.41, 5.74) is 0. The summed E-state index contributed by atoms with van der Waals surface area (Å²) in [5.74, 6) is 0.727. The van der Waals surface area contributed by atoms with Crippen LogP contribution in [-0.2, 0) is 9.53 Å². The number of benzene rings is 1. The number of carbonyl (C=O) groups is 1. The lowest BCUT2D eigenvalue weighted by atomic mass is 10.00. The van der Waals surface area contributed by atoms with Crippen molar-refractivity contribution in [3.8, 4) is 5.75 Å². The van der Waals surface area contributed by atoms with Crippen LogP contribution in [0.25, 0.3) is 0 Å². The molecule has 0 N–H and O–H groups in total. The highest BCUT2D eigenvalue weighted by Gasteiger charge is 2.18. The van der Waals surface area contributed by atoms with Crippen LogP contribution in [0.15, 0.2) is 24.3 Å². The number of carbonyl (C=O) groups excluding carboxylic acids is 1. The Labute approximate surface area is 136 Å². The first-order valence-electron chi connectivity index (χ1n) is 6.86. The molecule has 118 valence electrons. The van der Waals surface area contributed by atoms with Gasteiger partial charge in [0.1, 0.15) is 5.75 Å². The maximum atomic E-state index is 11.6. The third-order valence-corrected chi connectivity index (χ3v) is 3.62. The third kappa shape index (κ3) is 6.55. The molecule has 0 spiro atoms. The van der Waals surface area contributed by atoms with Gasteiger partial charge in [0.15, 0.2) is 6.61 Å². The maximum absolute atomic E-state index is 11.6. The normalized spacial score (nSPS) is 18.7. The number of hydrogen-bond acceptors (Lipinski definition) is 4. The van der Waals surface area contributed by atoms with Gasteiger partial charge in [0, 0.05) is 17.5 Å². The van der Waals surface area contributed by atoms with Crippen molar-refractivity contribution in [3.05, 3.63) is 29.3 Å². The highest BCUT2D eigenvalue weighted by molar-refractivity contribution is 6.30. The van der Waals surface area contributed by atoms with Crippen LogP contribution in [0.1, 0.15) is 12.8 Å². The number of nitrogens with zero attached hydrogens (tertiary/aromatic N) is 1. The SMILES string of the molecule is CN1CCCC(COC(=O)COc2ccc(Cl)cc2)C1.Cl. The van der Waals surface area contributed by atoms with E-state index in [1.54, 1.807) is 24.3 Å². The number of likely N-dealkylation sites (tertiary alicyclic amines) is 1. The summed E-state index contributed by atoms with van der Waals surface area (Å²) in [7, 11) is 2.09. The molecule has 4 nitrogen and oxygen atoms in total. The van der Waals surface area contributed by atoms with Gasteiger partial charge < -0.3 is 14.4 Å². The molecule has 1 aliphatic rings. The van der Waals surface area contributed by atoms with Crippen molar-refractivity contribution in [1.29, 1.82) is 0 Å². The molecule has 2 rings (SSSR count). The molecule has 1 fully saturated rings. The van der Waals surface area contributed by atoms with Crippen LogP contribution in [0.4, 0.5) is 0 Å². The van der Waals surface area contributed by atoms with Crippen molar-refractivity contribution in [1.82, 2.24) is 4.90 Å².